The molecule has 0 atom stereocenters. The van der Waals surface area contributed by atoms with Gasteiger partial charge in [0.1, 0.15) is 5.75 Å². The molecule has 146 valence electrons. The fourth-order valence-electron chi connectivity index (χ4n) is 4.10. The van der Waals surface area contributed by atoms with Gasteiger partial charge in [-0.05, 0) is 55.4 Å². The van der Waals surface area contributed by atoms with Gasteiger partial charge in [-0.2, -0.15) is 0 Å². The van der Waals surface area contributed by atoms with Crippen LogP contribution in [0.5, 0.6) is 11.6 Å². The predicted octanol–water partition coefficient (Wildman–Crippen LogP) is 4.65. The van der Waals surface area contributed by atoms with E-state index in [0.29, 0.717) is 29.7 Å². The van der Waals surface area contributed by atoms with Crippen molar-refractivity contribution in [2.24, 2.45) is 5.92 Å². The standard InChI is InChI=1S/C22H30N2O3/c1-14(2)19-20(25)23-22(26)24(10-9-17-7-5-6-8-17)21(19)27-18-12-15(3)11-16(4)13-18/h11-14,17H,5-10H2,1-4H3,(H,23,25,26). The van der Waals surface area contributed by atoms with Crippen LogP contribution in [0.25, 0.3) is 0 Å². The third kappa shape index (κ3) is 4.52. The summed E-state index contributed by atoms with van der Waals surface area (Å²) in [6.07, 6.45) is 5.93. The zero-order valence-electron chi connectivity index (χ0n) is 16.8. The molecule has 1 aromatic carbocycles. The molecule has 1 aromatic heterocycles. The van der Waals surface area contributed by atoms with Gasteiger partial charge in [0.15, 0.2) is 0 Å². The normalized spacial score (nSPS) is 14.9. The van der Waals surface area contributed by atoms with Crippen molar-refractivity contribution in [2.75, 3.05) is 0 Å². The summed E-state index contributed by atoms with van der Waals surface area (Å²) in [6, 6.07) is 5.94. The second-order valence-electron chi connectivity index (χ2n) is 8.15. The number of aryl methyl sites for hydroxylation is 2. The summed E-state index contributed by atoms with van der Waals surface area (Å²) in [7, 11) is 0. The molecule has 0 radical (unpaired) electrons. The number of hydrogen-bond acceptors (Lipinski definition) is 3. The molecule has 1 saturated carbocycles. The number of rotatable bonds is 6. The lowest BCUT2D eigenvalue weighted by Gasteiger charge is -2.19. The fourth-order valence-corrected chi connectivity index (χ4v) is 4.10. The quantitative estimate of drug-likeness (QED) is 0.805. The maximum absolute atomic E-state index is 12.6. The number of nitrogens with one attached hydrogen (secondary N) is 1. The molecule has 0 bridgehead atoms. The van der Waals surface area contributed by atoms with Crippen LogP contribution in [0.1, 0.15) is 68.6 Å². The molecule has 3 rings (SSSR count). The summed E-state index contributed by atoms with van der Waals surface area (Å²) in [6.45, 7) is 8.48. The van der Waals surface area contributed by atoms with E-state index in [1.807, 2.05) is 39.8 Å². The Morgan fingerprint density at radius 3 is 2.33 bits per heavy atom. The van der Waals surface area contributed by atoms with Gasteiger partial charge in [0, 0.05) is 6.54 Å². The van der Waals surface area contributed by atoms with Crippen molar-refractivity contribution in [3.8, 4) is 11.6 Å². The second kappa shape index (κ2) is 8.15. The van der Waals surface area contributed by atoms with Crippen LogP contribution in [0.3, 0.4) is 0 Å². The van der Waals surface area contributed by atoms with Gasteiger partial charge in [-0.25, -0.2) is 4.79 Å². The minimum Gasteiger partial charge on any atom is -0.440 e. The van der Waals surface area contributed by atoms with E-state index in [1.54, 1.807) is 4.57 Å². The summed E-state index contributed by atoms with van der Waals surface area (Å²) in [4.78, 5) is 27.6. The number of ether oxygens (including phenoxy) is 1. The smallest absolute Gasteiger partial charge is 0.331 e. The highest BCUT2D eigenvalue weighted by atomic mass is 16.5. The maximum atomic E-state index is 12.6. The van der Waals surface area contributed by atoms with Gasteiger partial charge in [-0.3, -0.25) is 14.3 Å². The predicted molar refractivity (Wildman–Crippen MR) is 108 cm³/mol. The van der Waals surface area contributed by atoms with E-state index in [4.69, 9.17) is 4.74 Å². The van der Waals surface area contributed by atoms with Crippen LogP contribution < -0.4 is 16.0 Å². The summed E-state index contributed by atoms with van der Waals surface area (Å²) >= 11 is 0. The molecule has 1 heterocycles. The Morgan fingerprint density at radius 2 is 1.74 bits per heavy atom. The van der Waals surface area contributed by atoms with E-state index in [1.165, 1.54) is 25.7 Å². The summed E-state index contributed by atoms with van der Waals surface area (Å²) < 4.78 is 7.80. The first-order valence-corrected chi connectivity index (χ1v) is 9.98. The number of hydrogen-bond donors (Lipinski definition) is 1. The SMILES string of the molecule is Cc1cc(C)cc(Oc2c(C(C)C)c(=O)[nH]c(=O)n2CCC2CCCC2)c1. The van der Waals surface area contributed by atoms with E-state index in [2.05, 4.69) is 11.1 Å². The van der Waals surface area contributed by atoms with Crippen LogP contribution in [0, 0.1) is 19.8 Å². The Kier molecular flexibility index (Phi) is 5.88. The van der Waals surface area contributed by atoms with E-state index in [9.17, 15) is 9.59 Å². The van der Waals surface area contributed by atoms with Crippen molar-refractivity contribution in [1.29, 1.82) is 0 Å². The summed E-state index contributed by atoms with van der Waals surface area (Å²) in [5, 5.41) is 0. The fraction of sp³-hybridized carbons (Fsp3) is 0.545. The molecule has 1 aliphatic rings. The third-order valence-electron chi connectivity index (χ3n) is 5.41. The van der Waals surface area contributed by atoms with Crippen molar-refractivity contribution in [2.45, 2.75) is 72.3 Å². The maximum Gasteiger partial charge on any atom is 0.331 e. The molecular weight excluding hydrogens is 340 g/mol. The van der Waals surface area contributed by atoms with Gasteiger partial charge in [-0.1, -0.05) is 45.6 Å². The number of aromatic amines is 1. The molecule has 2 aromatic rings. The van der Waals surface area contributed by atoms with Gasteiger partial charge in [-0.15, -0.1) is 0 Å². The van der Waals surface area contributed by atoms with Crippen LogP contribution in [-0.2, 0) is 6.54 Å². The molecule has 0 saturated heterocycles. The Balaban J connectivity index is 2.03. The van der Waals surface area contributed by atoms with E-state index >= 15 is 0 Å². The molecule has 1 aliphatic carbocycles. The number of benzene rings is 1. The molecule has 1 fully saturated rings. The molecule has 0 spiro atoms. The first kappa shape index (κ1) is 19.5. The topological polar surface area (TPSA) is 64.1 Å². The minimum absolute atomic E-state index is 0.0482. The van der Waals surface area contributed by atoms with Crippen LogP contribution >= 0.6 is 0 Å². The highest BCUT2D eigenvalue weighted by Gasteiger charge is 2.22. The molecule has 0 amide bonds. The van der Waals surface area contributed by atoms with E-state index < -0.39 is 0 Å². The first-order valence-electron chi connectivity index (χ1n) is 9.98. The van der Waals surface area contributed by atoms with Crippen LogP contribution in [0.4, 0.5) is 0 Å². The van der Waals surface area contributed by atoms with E-state index in [0.717, 1.165) is 17.5 Å². The highest BCUT2D eigenvalue weighted by Crippen LogP contribution is 2.31. The van der Waals surface area contributed by atoms with Crippen LogP contribution in [0.2, 0.25) is 0 Å². The molecule has 1 N–H and O–H groups in total. The molecule has 5 heteroatoms. The van der Waals surface area contributed by atoms with E-state index in [-0.39, 0.29) is 17.2 Å². The van der Waals surface area contributed by atoms with Crippen molar-refractivity contribution >= 4 is 0 Å². The molecule has 0 aliphatic heterocycles. The average Bonchev–Trinajstić information content (AvgIpc) is 3.06. The Bertz CT molecular complexity index is 898. The van der Waals surface area contributed by atoms with Gasteiger partial charge in [0.2, 0.25) is 5.88 Å². The Hall–Kier alpha value is -2.30. The molecular formula is C22H30N2O3. The lowest BCUT2D eigenvalue weighted by molar-refractivity contribution is 0.375. The third-order valence-corrected chi connectivity index (χ3v) is 5.41. The first-order chi connectivity index (χ1) is 12.8. The minimum atomic E-state index is -0.387. The summed E-state index contributed by atoms with van der Waals surface area (Å²) in [5.41, 5.74) is 1.95. The lowest BCUT2D eigenvalue weighted by Crippen LogP contribution is -2.34. The van der Waals surface area contributed by atoms with Gasteiger partial charge < -0.3 is 4.74 Å². The zero-order valence-corrected chi connectivity index (χ0v) is 16.8. The van der Waals surface area contributed by atoms with Gasteiger partial charge in [0.25, 0.3) is 5.56 Å². The lowest BCUT2D eigenvalue weighted by atomic mass is 10.0. The Labute approximate surface area is 160 Å². The number of nitrogens with zero attached hydrogens (tertiary/aromatic N) is 1. The Morgan fingerprint density at radius 1 is 1.11 bits per heavy atom. The van der Waals surface area contributed by atoms with Crippen molar-refractivity contribution in [1.82, 2.24) is 9.55 Å². The summed E-state index contributed by atoms with van der Waals surface area (Å²) in [5.74, 6) is 1.66. The van der Waals surface area contributed by atoms with Gasteiger partial charge >= 0.3 is 5.69 Å². The van der Waals surface area contributed by atoms with Crippen molar-refractivity contribution < 1.29 is 4.74 Å². The average molecular weight is 370 g/mol. The van der Waals surface area contributed by atoms with Crippen LogP contribution in [-0.4, -0.2) is 9.55 Å². The molecule has 27 heavy (non-hydrogen) atoms. The highest BCUT2D eigenvalue weighted by molar-refractivity contribution is 5.38. The van der Waals surface area contributed by atoms with Crippen molar-refractivity contribution in [3.63, 3.8) is 0 Å². The number of H-pyrrole nitrogens is 1. The zero-order chi connectivity index (χ0) is 19.6. The second-order valence-corrected chi connectivity index (χ2v) is 8.15. The van der Waals surface area contributed by atoms with Crippen molar-refractivity contribution in [3.05, 3.63) is 55.7 Å². The molecule has 5 nitrogen and oxygen atoms in total. The molecule has 0 unspecified atom stereocenters. The monoisotopic (exact) mass is 370 g/mol. The van der Waals surface area contributed by atoms with Gasteiger partial charge in [0.05, 0.1) is 5.56 Å². The number of aromatic nitrogens is 2. The van der Waals surface area contributed by atoms with Crippen LogP contribution in [0.15, 0.2) is 27.8 Å². The largest absolute Gasteiger partial charge is 0.440 e.